The van der Waals surface area contributed by atoms with Gasteiger partial charge in [0.1, 0.15) is 12.4 Å². The van der Waals surface area contributed by atoms with Crippen LogP contribution in [0.1, 0.15) is 33.0 Å². The average molecular weight is 388 g/mol. The Kier molecular flexibility index (Phi) is 6.13. The standard InChI is InChI=1S/C18H21ClF3N3O/c1-11(2)9-17(3,23)10-26-15-5-4-12(8-13(15)19)14-6-7-24-16(25-14)18(20,21)22/h4-8,11H,9-10,23H2,1-3H3/t17-/m0/s1. The summed E-state index contributed by atoms with van der Waals surface area (Å²) in [6.07, 6.45) is -2.76. The number of alkyl halides is 3. The van der Waals surface area contributed by atoms with Crippen molar-refractivity contribution in [1.82, 2.24) is 9.97 Å². The lowest BCUT2D eigenvalue weighted by Gasteiger charge is -2.26. The number of rotatable bonds is 6. The first-order chi connectivity index (χ1) is 12.0. The second-order valence-corrected chi connectivity index (χ2v) is 7.36. The van der Waals surface area contributed by atoms with Gasteiger partial charge in [-0.15, -0.1) is 0 Å². The van der Waals surface area contributed by atoms with Crippen LogP contribution in [-0.4, -0.2) is 22.1 Å². The van der Waals surface area contributed by atoms with Crippen LogP contribution in [0.4, 0.5) is 13.2 Å². The number of halogens is 4. The first-order valence-electron chi connectivity index (χ1n) is 8.10. The minimum Gasteiger partial charge on any atom is -0.490 e. The average Bonchev–Trinajstić information content (AvgIpc) is 2.52. The Bertz CT molecular complexity index is 764. The second-order valence-electron chi connectivity index (χ2n) is 6.95. The van der Waals surface area contributed by atoms with Crippen LogP contribution < -0.4 is 10.5 Å². The highest BCUT2D eigenvalue weighted by atomic mass is 35.5. The van der Waals surface area contributed by atoms with E-state index in [1.54, 1.807) is 12.1 Å². The third kappa shape index (κ3) is 5.57. The molecular weight excluding hydrogens is 367 g/mol. The largest absolute Gasteiger partial charge is 0.490 e. The van der Waals surface area contributed by atoms with Crippen LogP contribution in [0.5, 0.6) is 5.75 Å². The van der Waals surface area contributed by atoms with Crippen molar-refractivity contribution >= 4 is 11.6 Å². The van der Waals surface area contributed by atoms with Crippen LogP contribution in [0.15, 0.2) is 30.5 Å². The molecule has 0 saturated carbocycles. The summed E-state index contributed by atoms with van der Waals surface area (Å²) in [7, 11) is 0. The van der Waals surface area contributed by atoms with E-state index in [2.05, 4.69) is 23.8 Å². The van der Waals surface area contributed by atoms with Crippen molar-refractivity contribution in [3.63, 3.8) is 0 Å². The van der Waals surface area contributed by atoms with E-state index in [0.717, 1.165) is 12.6 Å². The Balaban J connectivity index is 2.17. The zero-order chi connectivity index (χ0) is 19.5. The van der Waals surface area contributed by atoms with E-state index in [1.165, 1.54) is 12.1 Å². The molecular formula is C18H21ClF3N3O. The summed E-state index contributed by atoms with van der Waals surface area (Å²) in [6, 6.07) is 6.09. The Labute approximate surface area is 155 Å². The van der Waals surface area contributed by atoms with Gasteiger partial charge >= 0.3 is 6.18 Å². The lowest BCUT2D eigenvalue weighted by Crippen LogP contribution is -2.43. The van der Waals surface area contributed by atoms with Crippen LogP contribution in [0.2, 0.25) is 5.02 Å². The van der Waals surface area contributed by atoms with Gasteiger partial charge in [-0.05, 0) is 43.5 Å². The molecule has 0 aliphatic heterocycles. The zero-order valence-electron chi connectivity index (χ0n) is 14.8. The number of nitrogens with two attached hydrogens (primary N) is 1. The number of ether oxygens (including phenoxy) is 1. The van der Waals surface area contributed by atoms with Gasteiger partial charge in [-0.2, -0.15) is 13.2 Å². The van der Waals surface area contributed by atoms with Gasteiger partial charge in [0.15, 0.2) is 0 Å². The maximum Gasteiger partial charge on any atom is 0.451 e. The van der Waals surface area contributed by atoms with Crippen molar-refractivity contribution in [2.75, 3.05) is 6.61 Å². The fourth-order valence-electron chi connectivity index (χ4n) is 2.67. The van der Waals surface area contributed by atoms with Gasteiger partial charge in [0.2, 0.25) is 5.82 Å². The van der Waals surface area contributed by atoms with Gasteiger partial charge in [-0.3, -0.25) is 0 Å². The molecule has 0 radical (unpaired) electrons. The third-order valence-electron chi connectivity index (χ3n) is 3.57. The Morgan fingerprint density at radius 1 is 1.23 bits per heavy atom. The molecule has 0 saturated heterocycles. The van der Waals surface area contributed by atoms with Crippen molar-refractivity contribution in [1.29, 1.82) is 0 Å². The molecule has 0 aliphatic carbocycles. The lowest BCUT2D eigenvalue weighted by atomic mass is 9.93. The van der Waals surface area contributed by atoms with Crippen LogP contribution >= 0.6 is 11.6 Å². The van der Waals surface area contributed by atoms with E-state index in [0.29, 0.717) is 17.2 Å². The van der Waals surface area contributed by atoms with Gasteiger partial charge in [0.05, 0.1) is 10.7 Å². The number of benzene rings is 1. The minimum absolute atomic E-state index is 0.129. The summed E-state index contributed by atoms with van der Waals surface area (Å²) in [4.78, 5) is 6.80. The monoisotopic (exact) mass is 387 g/mol. The molecule has 142 valence electrons. The zero-order valence-corrected chi connectivity index (χ0v) is 15.5. The van der Waals surface area contributed by atoms with E-state index in [-0.39, 0.29) is 17.3 Å². The molecule has 8 heteroatoms. The predicted molar refractivity (Wildman–Crippen MR) is 95.0 cm³/mol. The predicted octanol–water partition coefficient (Wildman–Crippen LogP) is 4.96. The maximum absolute atomic E-state index is 12.7. The molecule has 0 amide bonds. The lowest BCUT2D eigenvalue weighted by molar-refractivity contribution is -0.144. The summed E-state index contributed by atoms with van der Waals surface area (Å²) in [5.74, 6) is -0.355. The van der Waals surface area contributed by atoms with E-state index in [4.69, 9.17) is 22.1 Å². The van der Waals surface area contributed by atoms with E-state index >= 15 is 0 Å². The molecule has 0 spiro atoms. The van der Waals surface area contributed by atoms with Crippen LogP contribution in [0, 0.1) is 5.92 Å². The number of aromatic nitrogens is 2. The molecule has 1 aromatic carbocycles. The Morgan fingerprint density at radius 2 is 1.92 bits per heavy atom. The summed E-state index contributed by atoms with van der Waals surface area (Å²) in [6.45, 7) is 6.32. The third-order valence-corrected chi connectivity index (χ3v) is 3.86. The molecule has 4 nitrogen and oxygen atoms in total. The quantitative estimate of drug-likeness (QED) is 0.761. The van der Waals surface area contributed by atoms with Crippen LogP contribution in [0.25, 0.3) is 11.3 Å². The van der Waals surface area contributed by atoms with Gasteiger partial charge in [0.25, 0.3) is 0 Å². The molecule has 0 fully saturated rings. The van der Waals surface area contributed by atoms with Gasteiger partial charge in [0, 0.05) is 17.3 Å². The highest BCUT2D eigenvalue weighted by Gasteiger charge is 2.34. The number of hydrogen-bond donors (Lipinski definition) is 1. The molecule has 2 aromatic rings. The number of nitrogens with zero attached hydrogens (tertiary/aromatic N) is 2. The van der Waals surface area contributed by atoms with Crippen LogP contribution in [-0.2, 0) is 6.18 Å². The van der Waals surface area contributed by atoms with E-state index in [9.17, 15) is 13.2 Å². The topological polar surface area (TPSA) is 61.0 Å². The minimum atomic E-state index is -4.61. The van der Waals surface area contributed by atoms with Crippen molar-refractivity contribution < 1.29 is 17.9 Å². The van der Waals surface area contributed by atoms with Gasteiger partial charge in [-0.25, -0.2) is 9.97 Å². The van der Waals surface area contributed by atoms with Crippen molar-refractivity contribution in [2.24, 2.45) is 11.7 Å². The smallest absolute Gasteiger partial charge is 0.451 e. The normalized spacial score (nSPS) is 14.3. The highest BCUT2D eigenvalue weighted by Crippen LogP contribution is 2.32. The van der Waals surface area contributed by atoms with Crippen LogP contribution in [0.3, 0.4) is 0 Å². The van der Waals surface area contributed by atoms with E-state index in [1.807, 2.05) is 6.92 Å². The van der Waals surface area contributed by atoms with Crippen molar-refractivity contribution in [3.05, 3.63) is 41.3 Å². The SMILES string of the molecule is CC(C)C[C@](C)(N)COc1ccc(-c2ccnc(C(F)(F)F)n2)cc1Cl. The first kappa shape index (κ1) is 20.5. The molecule has 0 bridgehead atoms. The van der Waals surface area contributed by atoms with E-state index < -0.39 is 17.5 Å². The molecule has 1 heterocycles. The van der Waals surface area contributed by atoms with Gasteiger partial charge < -0.3 is 10.5 Å². The van der Waals surface area contributed by atoms with Crippen molar-refractivity contribution in [2.45, 2.75) is 38.9 Å². The first-order valence-corrected chi connectivity index (χ1v) is 8.47. The molecule has 0 unspecified atom stereocenters. The molecule has 1 aromatic heterocycles. The molecule has 2 N–H and O–H groups in total. The highest BCUT2D eigenvalue weighted by molar-refractivity contribution is 6.32. The molecule has 2 rings (SSSR count). The summed E-state index contributed by atoms with van der Waals surface area (Å²) in [5, 5.41) is 0.273. The summed E-state index contributed by atoms with van der Waals surface area (Å²) >= 11 is 6.21. The molecule has 26 heavy (non-hydrogen) atoms. The maximum atomic E-state index is 12.7. The summed E-state index contributed by atoms with van der Waals surface area (Å²) < 4.78 is 43.9. The Morgan fingerprint density at radius 3 is 2.50 bits per heavy atom. The van der Waals surface area contributed by atoms with Gasteiger partial charge in [-0.1, -0.05) is 25.4 Å². The summed E-state index contributed by atoms with van der Waals surface area (Å²) in [5.41, 5.74) is 6.26. The Hall–Kier alpha value is -1.86. The fraction of sp³-hybridized carbons (Fsp3) is 0.444. The molecule has 1 atom stereocenters. The van der Waals surface area contributed by atoms with Crippen molar-refractivity contribution in [3.8, 4) is 17.0 Å². The molecule has 0 aliphatic rings. The number of hydrogen-bond acceptors (Lipinski definition) is 4. The fourth-order valence-corrected chi connectivity index (χ4v) is 2.90. The second kappa shape index (κ2) is 7.80.